The lowest BCUT2D eigenvalue weighted by atomic mass is 10.0. The van der Waals surface area contributed by atoms with E-state index in [1.54, 1.807) is 0 Å². The van der Waals surface area contributed by atoms with Crippen LogP contribution in [-0.2, 0) is 0 Å². The summed E-state index contributed by atoms with van der Waals surface area (Å²) in [5, 5.41) is 3.50. The van der Waals surface area contributed by atoms with Crippen LogP contribution in [0.1, 0.15) is 27.2 Å². The molecule has 1 aliphatic heterocycles. The molecule has 1 rings (SSSR count). The van der Waals surface area contributed by atoms with Gasteiger partial charge < -0.3 is 5.32 Å². The molecule has 1 fully saturated rings. The highest BCUT2D eigenvalue weighted by Gasteiger charge is 2.21. The third-order valence-corrected chi connectivity index (χ3v) is 2.80. The Hall–Kier alpha value is -0.0800. The van der Waals surface area contributed by atoms with E-state index in [1.165, 1.54) is 32.6 Å². The van der Waals surface area contributed by atoms with Gasteiger partial charge in [0, 0.05) is 12.6 Å². The summed E-state index contributed by atoms with van der Waals surface area (Å²) in [5.74, 6) is 0.774. The van der Waals surface area contributed by atoms with E-state index in [4.69, 9.17) is 0 Å². The predicted octanol–water partition coefficient (Wildman–Crippen LogP) is 1.33. The topological polar surface area (TPSA) is 15.3 Å². The van der Waals surface area contributed by atoms with E-state index in [9.17, 15) is 0 Å². The highest BCUT2D eigenvalue weighted by atomic mass is 15.2. The summed E-state index contributed by atoms with van der Waals surface area (Å²) in [6, 6.07) is 0.748. The molecule has 1 saturated heterocycles. The quantitative estimate of drug-likeness (QED) is 0.672. The lowest BCUT2D eigenvalue weighted by Crippen LogP contribution is -2.43. The Labute approximate surface area is 76.3 Å². The molecule has 1 heterocycles. The fourth-order valence-electron chi connectivity index (χ4n) is 2.00. The molecule has 12 heavy (non-hydrogen) atoms. The van der Waals surface area contributed by atoms with Crippen molar-refractivity contribution in [1.82, 2.24) is 10.2 Å². The highest BCUT2D eigenvalue weighted by molar-refractivity contribution is 4.79. The molecular weight excluding hydrogens is 148 g/mol. The molecule has 0 spiro atoms. The second-order valence-electron chi connectivity index (χ2n) is 4.00. The first-order chi connectivity index (χ1) is 5.75. The zero-order valence-corrected chi connectivity index (χ0v) is 8.64. The van der Waals surface area contributed by atoms with E-state index in [1.807, 2.05) is 0 Å². The Kier molecular flexibility index (Phi) is 4.02. The van der Waals surface area contributed by atoms with Crippen molar-refractivity contribution in [2.75, 3.05) is 26.2 Å². The van der Waals surface area contributed by atoms with E-state index in [-0.39, 0.29) is 0 Å². The van der Waals surface area contributed by atoms with Crippen molar-refractivity contribution >= 4 is 0 Å². The summed E-state index contributed by atoms with van der Waals surface area (Å²) in [6.07, 6.45) is 1.30. The van der Waals surface area contributed by atoms with Gasteiger partial charge in [0.1, 0.15) is 0 Å². The van der Waals surface area contributed by atoms with Gasteiger partial charge in [-0.2, -0.15) is 0 Å². The van der Waals surface area contributed by atoms with Crippen molar-refractivity contribution in [3.8, 4) is 0 Å². The van der Waals surface area contributed by atoms with Crippen LogP contribution >= 0.6 is 0 Å². The number of nitrogens with zero attached hydrogens (tertiary/aromatic N) is 1. The van der Waals surface area contributed by atoms with Crippen LogP contribution in [0.4, 0.5) is 0 Å². The third kappa shape index (κ3) is 2.46. The van der Waals surface area contributed by atoms with E-state index in [0.717, 1.165) is 12.0 Å². The largest absolute Gasteiger partial charge is 0.315 e. The Morgan fingerprint density at radius 1 is 1.50 bits per heavy atom. The van der Waals surface area contributed by atoms with Crippen LogP contribution in [-0.4, -0.2) is 37.1 Å². The molecule has 0 aliphatic carbocycles. The number of nitrogens with one attached hydrogen (secondary N) is 1. The molecule has 1 atom stereocenters. The summed E-state index contributed by atoms with van der Waals surface area (Å²) in [6.45, 7) is 11.7. The zero-order valence-electron chi connectivity index (χ0n) is 8.64. The first-order valence-electron chi connectivity index (χ1n) is 5.20. The zero-order chi connectivity index (χ0) is 8.97. The van der Waals surface area contributed by atoms with E-state index < -0.39 is 0 Å². The van der Waals surface area contributed by atoms with Crippen LogP contribution in [0.3, 0.4) is 0 Å². The Morgan fingerprint density at radius 3 is 2.83 bits per heavy atom. The molecule has 1 N–H and O–H groups in total. The molecule has 0 saturated carbocycles. The molecule has 0 aromatic heterocycles. The van der Waals surface area contributed by atoms with Gasteiger partial charge in [0.15, 0.2) is 0 Å². The number of likely N-dealkylation sites (N-methyl/N-ethyl adjacent to an activating group) is 1. The van der Waals surface area contributed by atoms with Crippen LogP contribution in [0.25, 0.3) is 0 Å². The second kappa shape index (κ2) is 4.83. The van der Waals surface area contributed by atoms with Gasteiger partial charge in [0.05, 0.1) is 0 Å². The van der Waals surface area contributed by atoms with Gasteiger partial charge in [-0.15, -0.1) is 0 Å². The van der Waals surface area contributed by atoms with Crippen LogP contribution < -0.4 is 5.32 Å². The van der Waals surface area contributed by atoms with Gasteiger partial charge in [-0.3, -0.25) is 4.90 Å². The minimum absolute atomic E-state index is 0.748. The summed E-state index contributed by atoms with van der Waals surface area (Å²) in [7, 11) is 0. The van der Waals surface area contributed by atoms with Gasteiger partial charge in [0.2, 0.25) is 0 Å². The monoisotopic (exact) mass is 170 g/mol. The summed E-state index contributed by atoms with van der Waals surface area (Å²) < 4.78 is 0. The van der Waals surface area contributed by atoms with Crippen LogP contribution in [0, 0.1) is 5.92 Å². The average molecular weight is 170 g/mol. The van der Waals surface area contributed by atoms with Crippen molar-refractivity contribution in [3.63, 3.8) is 0 Å². The normalized spacial score (nSPS) is 27.5. The van der Waals surface area contributed by atoms with Crippen molar-refractivity contribution in [2.24, 2.45) is 5.92 Å². The first-order valence-corrected chi connectivity index (χ1v) is 5.20. The van der Waals surface area contributed by atoms with Crippen molar-refractivity contribution < 1.29 is 0 Å². The van der Waals surface area contributed by atoms with Crippen molar-refractivity contribution in [2.45, 2.75) is 33.2 Å². The van der Waals surface area contributed by atoms with Crippen molar-refractivity contribution in [1.29, 1.82) is 0 Å². The number of rotatable bonds is 2. The molecule has 72 valence electrons. The Balaban J connectivity index is 2.51. The third-order valence-electron chi connectivity index (χ3n) is 2.80. The maximum Gasteiger partial charge on any atom is 0.0243 e. The highest BCUT2D eigenvalue weighted by Crippen LogP contribution is 2.12. The summed E-state index contributed by atoms with van der Waals surface area (Å²) >= 11 is 0. The molecule has 2 nitrogen and oxygen atoms in total. The van der Waals surface area contributed by atoms with Crippen LogP contribution in [0.5, 0.6) is 0 Å². The molecule has 0 aromatic rings. The van der Waals surface area contributed by atoms with Crippen LogP contribution in [0.2, 0.25) is 0 Å². The van der Waals surface area contributed by atoms with E-state index in [0.29, 0.717) is 0 Å². The molecular formula is C10H22N2. The van der Waals surface area contributed by atoms with E-state index in [2.05, 4.69) is 31.0 Å². The molecule has 2 heteroatoms. The standard InChI is InChI=1S/C10H22N2/c1-4-12-7-5-6-11-8-10(12)9(2)3/h9-11H,4-8H2,1-3H3/t10-/m1/s1. The van der Waals surface area contributed by atoms with E-state index >= 15 is 0 Å². The summed E-state index contributed by atoms with van der Waals surface area (Å²) in [5.41, 5.74) is 0. The number of hydrogen-bond acceptors (Lipinski definition) is 2. The van der Waals surface area contributed by atoms with Gasteiger partial charge >= 0.3 is 0 Å². The van der Waals surface area contributed by atoms with Crippen LogP contribution in [0.15, 0.2) is 0 Å². The van der Waals surface area contributed by atoms with Gasteiger partial charge in [0.25, 0.3) is 0 Å². The predicted molar refractivity (Wildman–Crippen MR) is 53.4 cm³/mol. The maximum absolute atomic E-state index is 3.50. The Bertz CT molecular complexity index is 123. The second-order valence-corrected chi connectivity index (χ2v) is 4.00. The molecule has 0 aromatic carbocycles. The minimum atomic E-state index is 0.748. The van der Waals surface area contributed by atoms with Gasteiger partial charge in [-0.1, -0.05) is 20.8 Å². The fraction of sp³-hybridized carbons (Fsp3) is 1.00. The average Bonchev–Trinajstić information content (AvgIpc) is 2.27. The van der Waals surface area contributed by atoms with Gasteiger partial charge in [-0.25, -0.2) is 0 Å². The fourth-order valence-corrected chi connectivity index (χ4v) is 2.00. The minimum Gasteiger partial charge on any atom is -0.315 e. The molecule has 0 unspecified atom stereocenters. The molecule has 0 amide bonds. The lowest BCUT2D eigenvalue weighted by Gasteiger charge is -2.31. The molecule has 0 radical (unpaired) electrons. The number of hydrogen-bond donors (Lipinski definition) is 1. The molecule has 0 bridgehead atoms. The molecule has 1 aliphatic rings. The smallest absolute Gasteiger partial charge is 0.0243 e. The van der Waals surface area contributed by atoms with Gasteiger partial charge in [-0.05, 0) is 32.0 Å². The first kappa shape index (κ1) is 10.0. The summed E-state index contributed by atoms with van der Waals surface area (Å²) in [4.78, 5) is 2.60. The maximum atomic E-state index is 3.50. The lowest BCUT2D eigenvalue weighted by molar-refractivity contribution is 0.175. The van der Waals surface area contributed by atoms with Crippen molar-refractivity contribution in [3.05, 3.63) is 0 Å². The SMILES string of the molecule is CCN1CCCNC[C@@H]1C(C)C. The Morgan fingerprint density at radius 2 is 2.25 bits per heavy atom.